The maximum atomic E-state index is 12.8. The van der Waals surface area contributed by atoms with Crippen molar-refractivity contribution >= 4 is 34.4 Å². The minimum absolute atomic E-state index is 0.208. The molecule has 0 fully saturated rings. The fraction of sp³-hybridized carbons (Fsp3) is 0.0909. The molecule has 0 bridgehead atoms. The standard InChI is InChI=1S/C22H20N2O2/c1-15-8-3-4-10-18(15)14-21(23-16(2)25)22(26)24-20-13-7-11-17-9-5-6-12-19(17)20/h3-14H,1-2H3,(H,23,25)(H,24,26)/b21-14-. The summed E-state index contributed by atoms with van der Waals surface area (Å²) in [5, 5.41) is 7.52. The lowest BCUT2D eigenvalue weighted by molar-refractivity contribution is -0.120. The first-order valence-corrected chi connectivity index (χ1v) is 8.38. The molecule has 0 aromatic heterocycles. The van der Waals surface area contributed by atoms with Crippen LogP contribution >= 0.6 is 0 Å². The largest absolute Gasteiger partial charge is 0.322 e. The van der Waals surface area contributed by atoms with Gasteiger partial charge in [-0.1, -0.05) is 60.7 Å². The van der Waals surface area contributed by atoms with Crippen molar-refractivity contribution in [3.05, 3.63) is 83.6 Å². The molecule has 3 aromatic rings. The molecule has 0 saturated heterocycles. The molecule has 4 heteroatoms. The second kappa shape index (κ2) is 7.66. The van der Waals surface area contributed by atoms with E-state index in [2.05, 4.69) is 10.6 Å². The number of aryl methyl sites for hydroxylation is 1. The van der Waals surface area contributed by atoms with Gasteiger partial charge in [-0.25, -0.2) is 0 Å². The van der Waals surface area contributed by atoms with E-state index in [1.165, 1.54) is 6.92 Å². The van der Waals surface area contributed by atoms with E-state index >= 15 is 0 Å². The van der Waals surface area contributed by atoms with Crippen molar-refractivity contribution in [1.29, 1.82) is 0 Å². The smallest absolute Gasteiger partial charge is 0.272 e. The van der Waals surface area contributed by atoms with E-state index < -0.39 is 0 Å². The molecule has 0 aliphatic rings. The molecule has 3 rings (SSSR count). The molecule has 0 aliphatic carbocycles. The Hall–Kier alpha value is -3.40. The Morgan fingerprint density at radius 1 is 0.885 bits per heavy atom. The fourth-order valence-electron chi connectivity index (χ4n) is 2.78. The molecule has 0 unspecified atom stereocenters. The van der Waals surface area contributed by atoms with Crippen LogP contribution in [0.3, 0.4) is 0 Å². The molecule has 0 aliphatic heterocycles. The Kier molecular flexibility index (Phi) is 5.13. The second-order valence-corrected chi connectivity index (χ2v) is 6.08. The van der Waals surface area contributed by atoms with Gasteiger partial charge in [0.15, 0.2) is 0 Å². The topological polar surface area (TPSA) is 58.2 Å². The van der Waals surface area contributed by atoms with Crippen molar-refractivity contribution < 1.29 is 9.59 Å². The Balaban J connectivity index is 1.95. The summed E-state index contributed by atoms with van der Waals surface area (Å²) in [6.07, 6.45) is 1.69. The predicted octanol–water partition coefficient (Wildman–Crippen LogP) is 4.26. The van der Waals surface area contributed by atoms with Crippen molar-refractivity contribution in [2.24, 2.45) is 0 Å². The molecule has 4 nitrogen and oxygen atoms in total. The molecular formula is C22H20N2O2. The van der Waals surface area contributed by atoms with Crippen LogP contribution in [-0.4, -0.2) is 11.8 Å². The Labute approximate surface area is 152 Å². The first-order valence-electron chi connectivity index (χ1n) is 8.38. The Bertz CT molecular complexity index is 1000. The van der Waals surface area contributed by atoms with E-state index in [0.29, 0.717) is 5.69 Å². The van der Waals surface area contributed by atoms with Crippen molar-refractivity contribution in [3.8, 4) is 0 Å². The van der Waals surface area contributed by atoms with Gasteiger partial charge in [0.1, 0.15) is 5.70 Å². The quantitative estimate of drug-likeness (QED) is 0.695. The SMILES string of the molecule is CC(=O)N/C(=C\c1ccccc1C)C(=O)Nc1cccc2ccccc12. The molecular weight excluding hydrogens is 324 g/mol. The third-order valence-corrected chi connectivity index (χ3v) is 4.08. The van der Waals surface area contributed by atoms with Crippen LogP contribution in [0.4, 0.5) is 5.69 Å². The van der Waals surface area contributed by atoms with Crippen LogP contribution < -0.4 is 10.6 Å². The van der Waals surface area contributed by atoms with Crippen molar-refractivity contribution in [2.75, 3.05) is 5.32 Å². The summed E-state index contributed by atoms with van der Waals surface area (Å²) in [4.78, 5) is 24.4. The number of carbonyl (C=O) groups excluding carboxylic acids is 2. The van der Waals surface area contributed by atoms with Crippen LogP contribution in [0.25, 0.3) is 16.8 Å². The summed E-state index contributed by atoms with van der Waals surface area (Å²) in [5.41, 5.74) is 2.81. The summed E-state index contributed by atoms with van der Waals surface area (Å²) >= 11 is 0. The van der Waals surface area contributed by atoms with Gasteiger partial charge < -0.3 is 10.6 Å². The van der Waals surface area contributed by atoms with Crippen molar-refractivity contribution in [3.63, 3.8) is 0 Å². The van der Waals surface area contributed by atoms with Gasteiger partial charge in [0.25, 0.3) is 5.91 Å². The van der Waals surface area contributed by atoms with E-state index in [0.717, 1.165) is 21.9 Å². The predicted molar refractivity (Wildman–Crippen MR) is 106 cm³/mol. The lowest BCUT2D eigenvalue weighted by Gasteiger charge is -2.12. The number of rotatable bonds is 4. The second-order valence-electron chi connectivity index (χ2n) is 6.08. The molecule has 0 atom stereocenters. The first-order chi connectivity index (χ1) is 12.5. The van der Waals surface area contributed by atoms with Gasteiger partial charge in [0.05, 0.1) is 0 Å². The number of hydrogen-bond acceptors (Lipinski definition) is 2. The minimum Gasteiger partial charge on any atom is -0.322 e. The van der Waals surface area contributed by atoms with Crippen LogP contribution in [0.1, 0.15) is 18.1 Å². The Morgan fingerprint density at radius 3 is 2.35 bits per heavy atom. The van der Waals surface area contributed by atoms with Crippen LogP contribution in [0.15, 0.2) is 72.4 Å². The van der Waals surface area contributed by atoms with Gasteiger partial charge in [-0.15, -0.1) is 0 Å². The number of carbonyl (C=O) groups is 2. The Morgan fingerprint density at radius 2 is 1.58 bits per heavy atom. The van der Waals surface area contributed by atoms with Crippen molar-refractivity contribution in [2.45, 2.75) is 13.8 Å². The van der Waals surface area contributed by atoms with E-state index in [1.807, 2.05) is 73.7 Å². The highest BCUT2D eigenvalue weighted by Gasteiger charge is 2.13. The molecule has 0 saturated carbocycles. The monoisotopic (exact) mass is 344 g/mol. The number of fused-ring (bicyclic) bond motifs is 1. The van der Waals surface area contributed by atoms with E-state index in [-0.39, 0.29) is 17.5 Å². The normalized spacial score (nSPS) is 11.2. The summed E-state index contributed by atoms with van der Waals surface area (Å²) in [6, 6.07) is 21.2. The van der Waals surface area contributed by atoms with Gasteiger partial charge in [0, 0.05) is 18.0 Å². The van der Waals surface area contributed by atoms with Gasteiger partial charge in [-0.3, -0.25) is 9.59 Å². The van der Waals surface area contributed by atoms with E-state index in [4.69, 9.17) is 0 Å². The molecule has 0 heterocycles. The maximum absolute atomic E-state index is 12.8. The zero-order valence-electron chi connectivity index (χ0n) is 14.7. The highest BCUT2D eigenvalue weighted by atomic mass is 16.2. The van der Waals surface area contributed by atoms with Crippen LogP contribution in [0, 0.1) is 6.92 Å². The lowest BCUT2D eigenvalue weighted by Crippen LogP contribution is -2.29. The van der Waals surface area contributed by atoms with Gasteiger partial charge in [0.2, 0.25) is 5.91 Å². The third-order valence-electron chi connectivity index (χ3n) is 4.08. The molecule has 2 N–H and O–H groups in total. The number of hydrogen-bond donors (Lipinski definition) is 2. The van der Waals surface area contributed by atoms with Crippen LogP contribution in [-0.2, 0) is 9.59 Å². The van der Waals surface area contributed by atoms with Gasteiger partial charge >= 0.3 is 0 Å². The summed E-state index contributed by atoms with van der Waals surface area (Å²) < 4.78 is 0. The van der Waals surface area contributed by atoms with Gasteiger partial charge in [-0.05, 0) is 35.6 Å². The fourth-order valence-corrected chi connectivity index (χ4v) is 2.78. The summed E-state index contributed by atoms with van der Waals surface area (Å²) in [6.45, 7) is 3.34. The zero-order chi connectivity index (χ0) is 18.5. The number of amides is 2. The minimum atomic E-state index is -0.361. The maximum Gasteiger partial charge on any atom is 0.272 e. The lowest BCUT2D eigenvalue weighted by atomic mass is 10.1. The molecule has 26 heavy (non-hydrogen) atoms. The van der Waals surface area contributed by atoms with E-state index in [1.54, 1.807) is 6.08 Å². The van der Waals surface area contributed by atoms with Crippen LogP contribution in [0.2, 0.25) is 0 Å². The number of nitrogens with one attached hydrogen (secondary N) is 2. The van der Waals surface area contributed by atoms with Crippen LogP contribution in [0.5, 0.6) is 0 Å². The first kappa shape index (κ1) is 17.4. The number of benzene rings is 3. The average Bonchev–Trinajstić information content (AvgIpc) is 2.63. The highest BCUT2D eigenvalue weighted by molar-refractivity contribution is 6.12. The molecule has 2 amide bonds. The molecule has 130 valence electrons. The zero-order valence-corrected chi connectivity index (χ0v) is 14.7. The van der Waals surface area contributed by atoms with E-state index in [9.17, 15) is 9.59 Å². The van der Waals surface area contributed by atoms with Crippen molar-refractivity contribution in [1.82, 2.24) is 5.32 Å². The average molecular weight is 344 g/mol. The summed E-state index contributed by atoms with van der Waals surface area (Å²) in [7, 11) is 0. The van der Waals surface area contributed by atoms with Gasteiger partial charge in [-0.2, -0.15) is 0 Å². The highest BCUT2D eigenvalue weighted by Crippen LogP contribution is 2.23. The summed E-state index contributed by atoms with van der Waals surface area (Å²) in [5.74, 6) is -0.655. The third kappa shape index (κ3) is 3.98. The molecule has 3 aromatic carbocycles. The molecule has 0 radical (unpaired) electrons. The molecule has 0 spiro atoms. The number of anilines is 1.